The van der Waals surface area contributed by atoms with E-state index in [4.69, 9.17) is 4.74 Å². The standard InChI is InChI=1S/C20H22N2O5/c1-20(2,3)27-19(26)22-16(13-9-5-4-6-10-13)17(23)21-15-12-8-7-11-14(15)18(24)25/h4-12,16H,1-3H3,(H,21,23)(H,22,26)(H,24,25). The van der Waals surface area contributed by atoms with Crippen molar-refractivity contribution >= 4 is 23.7 Å². The van der Waals surface area contributed by atoms with Gasteiger partial charge < -0.3 is 20.5 Å². The molecular weight excluding hydrogens is 348 g/mol. The molecule has 0 heterocycles. The molecule has 0 aromatic heterocycles. The third-order valence-corrected chi connectivity index (χ3v) is 3.47. The lowest BCUT2D eigenvalue weighted by atomic mass is 10.1. The fraction of sp³-hybridized carbons (Fsp3) is 0.250. The zero-order valence-electron chi connectivity index (χ0n) is 15.4. The third kappa shape index (κ3) is 5.85. The lowest BCUT2D eigenvalue weighted by Crippen LogP contribution is -2.40. The molecule has 0 aliphatic carbocycles. The maximum absolute atomic E-state index is 12.8. The predicted molar refractivity (Wildman–Crippen MR) is 101 cm³/mol. The molecule has 2 aromatic rings. The van der Waals surface area contributed by atoms with Gasteiger partial charge in [-0.2, -0.15) is 0 Å². The number of aromatic carboxylic acids is 1. The van der Waals surface area contributed by atoms with Crippen LogP contribution in [0.5, 0.6) is 0 Å². The van der Waals surface area contributed by atoms with Gasteiger partial charge in [-0.3, -0.25) is 4.79 Å². The van der Waals surface area contributed by atoms with Crippen LogP contribution in [-0.4, -0.2) is 28.7 Å². The van der Waals surface area contributed by atoms with Gasteiger partial charge in [-0.05, 0) is 38.5 Å². The minimum atomic E-state index is -1.16. The second-order valence-corrected chi connectivity index (χ2v) is 6.83. The molecule has 142 valence electrons. The first-order chi connectivity index (χ1) is 12.7. The van der Waals surface area contributed by atoms with Gasteiger partial charge in [0.05, 0.1) is 11.3 Å². The second kappa shape index (κ2) is 8.35. The van der Waals surface area contributed by atoms with Crippen molar-refractivity contribution in [3.05, 3.63) is 65.7 Å². The number of alkyl carbamates (subject to hydrolysis) is 1. The molecule has 1 atom stereocenters. The van der Waals surface area contributed by atoms with Gasteiger partial charge in [0.15, 0.2) is 0 Å². The number of para-hydroxylation sites is 1. The first-order valence-electron chi connectivity index (χ1n) is 8.35. The molecule has 0 radical (unpaired) electrons. The maximum Gasteiger partial charge on any atom is 0.408 e. The van der Waals surface area contributed by atoms with E-state index in [0.29, 0.717) is 5.56 Å². The largest absolute Gasteiger partial charge is 0.478 e. The average molecular weight is 370 g/mol. The number of nitrogens with one attached hydrogen (secondary N) is 2. The number of benzene rings is 2. The van der Waals surface area contributed by atoms with Gasteiger partial charge in [0, 0.05) is 0 Å². The monoisotopic (exact) mass is 370 g/mol. The number of anilines is 1. The van der Waals surface area contributed by atoms with Crippen molar-refractivity contribution in [2.45, 2.75) is 32.4 Å². The van der Waals surface area contributed by atoms with Crippen molar-refractivity contribution in [1.82, 2.24) is 5.32 Å². The second-order valence-electron chi connectivity index (χ2n) is 6.83. The summed E-state index contributed by atoms with van der Waals surface area (Å²) in [6, 6.07) is 13.6. The molecule has 27 heavy (non-hydrogen) atoms. The van der Waals surface area contributed by atoms with Gasteiger partial charge in [-0.15, -0.1) is 0 Å². The number of carbonyl (C=O) groups excluding carboxylic acids is 2. The normalized spacial score (nSPS) is 12.0. The summed E-state index contributed by atoms with van der Waals surface area (Å²) in [5.74, 6) is -1.75. The highest BCUT2D eigenvalue weighted by Gasteiger charge is 2.26. The minimum Gasteiger partial charge on any atom is -0.478 e. The van der Waals surface area contributed by atoms with Crippen molar-refractivity contribution in [3.63, 3.8) is 0 Å². The lowest BCUT2D eigenvalue weighted by molar-refractivity contribution is -0.118. The average Bonchev–Trinajstić information content (AvgIpc) is 2.59. The predicted octanol–water partition coefficient (Wildman–Crippen LogP) is 3.59. The van der Waals surface area contributed by atoms with Crippen molar-refractivity contribution < 1.29 is 24.2 Å². The SMILES string of the molecule is CC(C)(C)OC(=O)NC(C(=O)Nc1ccccc1C(=O)O)c1ccccc1. The van der Waals surface area contributed by atoms with Crippen molar-refractivity contribution in [1.29, 1.82) is 0 Å². The zero-order chi connectivity index (χ0) is 20.0. The molecule has 0 spiro atoms. The Kier molecular flexibility index (Phi) is 6.18. The molecule has 2 amide bonds. The smallest absolute Gasteiger partial charge is 0.408 e. The number of carboxylic acids is 1. The Labute approximate surface area is 157 Å². The van der Waals surface area contributed by atoms with Gasteiger partial charge in [0.1, 0.15) is 11.6 Å². The Hall–Kier alpha value is -3.35. The van der Waals surface area contributed by atoms with Crippen LogP contribution < -0.4 is 10.6 Å². The quantitative estimate of drug-likeness (QED) is 0.746. The summed E-state index contributed by atoms with van der Waals surface area (Å²) < 4.78 is 5.23. The van der Waals surface area contributed by atoms with Crippen LogP contribution >= 0.6 is 0 Å². The minimum absolute atomic E-state index is 0.0464. The topological polar surface area (TPSA) is 105 Å². The highest BCUT2D eigenvalue weighted by atomic mass is 16.6. The van der Waals surface area contributed by atoms with Crippen molar-refractivity contribution in [2.75, 3.05) is 5.32 Å². The molecule has 0 aliphatic heterocycles. The van der Waals surface area contributed by atoms with Crippen LogP contribution in [-0.2, 0) is 9.53 Å². The summed E-state index contributed by atoms with van der Waals surface area (Å²) in [5.41, 5.74) is -0.0944. The van der Waals surface area contributed by atoms with E-state index in [9.17, 15) is 19.5 Å². The van der Waals surface area contributed by atoms with Gasteiger partial charge in [-0.25, -0.2) is 9.59 Å². The van der Waals surface area contributed by atoms with Gasteiger partial charge >= 0.3 is 12.1 Å². The molecule has 7 heteroatoms. The number of hydrogen-bond donors (Lipinski definition) is 3. The van der Waals surface area contributed by atoms with Crippen LogP contribution in [0.4, 0.5) is 10.5 Å². The van der Waals surface area contributed by atoms with Crippen LogP contribution in [0, 0.1) is 0 Å². The highest BCUT2D eigenvalue weighted by Crippen LogP contribution is 2.20. The summed E-state index contributed by atoms with van der Waals surface area (Å²) >= 11 is 0. The molecule has 0 fully saturated rings. The molecule has 3 N–H and O–H groups in total. The Morgan fingerprint density at radius 3 is 2.15 bits per heavy atom. The first kappa shape index (κ1) is 20.0. The molecule has 0 saturated carbocycles. The fourth-order valence-corrected chi connectivity index (χ4v) is 2.35. The van der Waals surface area contributed by atoms with E-state index in [0.717, 1.165) is 0 Å². The summed E-state index contributed by atoms with van der Waals surface area (Å²) in [5, 5.41) is 14.4. The molecule has 7 nitrogen and oxygen atoms in total. The molecule has 0 saturated heterocycles. The lowest BCUT2D eigenvalue weighted by Gasteiger charge is -2.23. The Morgan fingerprint density at radius 2 is 1.56 bits per heavy atom. The van der Waals surface area contributed by atoms with Gasteiger partial charge in [0.2, 0.25) is 0 Å². The molecular formula is C20H22N2O5. The summed E-state index contributed by atoms with van der Waals surface area (Å²) in [6.07, 6.45) is -0.752. The molecule has 0 aliphatic rings. The fourth-order valence-electron chi connectivity index (χ4n) is 2.35. The highest BCUT2D eigenvalue weighted by molar-refractivity contribution is 6.03. The zero-order valence-corrected chi connectivity index (χ0v) is 15.4. The summed E-state index contributed by atoms with van der Waals surface area (Å²) in [7, 11) is 0. The maximum atomic E-state index is 12.8. The number of hydrogen-bond acceptors (Lipinski definition) is 4. The number of ether oxygens (including phenoxy) is 1. The molecule has 1 unspecified atom stereocenters. The molecule has 2 aromatic carbocycles. The summed E-state index contributed by atoms with van der Waals surface area (Å²) in [6.45, 7) is 5.15. The molecule has 2 rings (SSSR count). The van der Waals surface area contributed by atoms with E-state index in [1.807, 2.05) is 0 Å². The first-order valence-corrected chi connectivity index (χ1v) is 8.35. The Bertz CT molecular complexity index is 828. The van der Waals surface area contributed by atoms with E-state index in [-0.39, 0.29) is 11.3 Å². The van der Waals surface area contributed by atoms with Crippen molar-refractivity contribution in [3.8, 4) is 0 Å². The Balaban J connectivity index is 2.27. The van der Waals surface area contributed by atoms with Crippen LogP contribution in [0.15, 0.2) is 54.6 Å². The van der Waals surface area contributed by atoms with Crippen LogP contribution in [0.3, 0.4) is 0 Å². The number of carbonyl (C=O) groups is 3. The van der Waals surface area contributed by atoms with Crippen molar-refractivity contribution in [2.24, 2.45) is 0 Å². The van der Waals surface area contributed by atoms with E-state index >= 15 is 0 Å². The van der Waals surface area contributed by atoms with Gasteiger partial charge in [-0.1, -0.05) is 42.5 Å². The summed E-state index contributed by atoms with van der Waals surface area (Å²) in [4.78, 5) is 36.3. The van der Waals surface area contributed by atoms with E-state index in [1.54, 1.807) is 63.2 Å². The number of amides is 2. The van der Waals surface area contributed by atoms with Gasteiger partial charge in [0.25, 0.3) is 5.91 Å². The number of rotatable bonds is 5. The Morgan fingerprint density at radius 1 is 0.963 bits per heavy atom. The van der Waals surface area contributed by atoms with E-state index in [2.05, 4.69) is 10.6 Å². The van der Waals surface area contributed by atoms with Crippen LogP contribution in [0.2, 0.25) is 0 Å². The molecule has 0 bridgehead atoms. The number of carboxylic acid groups (broad SMARTS) is 1. The third-order valence-electron chi connectivity index (χ3n) is 3.47. The van der Waals surface area contributed by atoms with E-state index in [1.165, 1.54) is 12.1 Å². The van der Waals surface area contributed by atoms with Crippen LogP contribution in [0.1, 0.15) is 42.7 Å². The van der Waals surface area contributed by atoms with Crippen LogP contribution in [0.25, 0.3) is 0 Å². The van der Waals surface area contributed by atoms with E-state index < -0.39 is 29.6 Å².